The van der Waals surface area contributed by atoms with Gasteiger partial charge >= 0.3 is 5.97 Å². The zero-order valence-electron chi connectivity index (χ0n) is 13.0. The van der Waals surface area contributed by atoms with Crippen molar-refractivity contribution in [2.24, 2.45) is 0 Å². The van der Waals surface area contributed by atoms with Gasteiger partial charge in [0, 0.05) is 23.6 Å². The highest BCUT2D eigenvalue weighted by Gasteiger charge is 2.29. The lowest BCUT2D eigenvalue weighted by atomic mass is 10.0. The van der Waals surface area contributed by atoms with Crippen LogP contribution in [-0.4, -0.2) is 52.7 Å². The second-order valence-electron chi connectivity index (χ2n) is 5.72. The first-order valence-electron chi connectivity index (χ1n) is 7.80. The van der Waals surface area contributed by atoms with Gasteiger partial charge in [-0.2, -0.15) is 0 Å². The highest BCUT2D eigenvalue weighted by Crippen LogP contribution is 2.23. The lowest BCUT2D eigenvalue weighted by Gasteiger charge is -2.30. The standard InChI is InChI=1S/C17H20N2O4/c1-2-11-4-3-5-13-12(9-18-16(11)13)8-15(20)19-6-7-23-14(10-19)17(21)22/h3-5,9,14,18H,2,6-8,10H2,1H3,(H,21,22)/t14-/m1/s1. The Morgan fingerprint density at radius 1 is 1.39 bits per heavy atom. The molecule has 1 aromatic carbocycles. The number of ether oxygens (including phenoxy) is 1. The van der Waals surface area contributed by atoms with E-state index in [9.17, 15) is 9.59 Å². The summed E-state index contributed by atoms with van der Waals surface area (Å²) in [5.41, 5.74) is 3.24. The number of morpholine rings is 1. The monoisotopic (exact) mass is 316 g/mol. The number of carboxylic acid groups (broad SMARTS) is 1. The van der Waals surface area contributed by atoms with Crippen LogP contribution < -0.4 is 0 Å². The summed E-state index contributed by atoms with van der Waals surface area (Å²) in [7, 11) is 0. The van der Waals surface area contributed by atoms with Crippen molar-refractivity contribution < 1.29 is 19.4 Å². The van der Waals surface area contributed by atoms with E-state index in [1.54, 1.807) is 4.90 Å². The maximum atomic E-state index is 12.5. The van der Waals surface area contributed by atoms with E-state index in [1.165, 1.54) is 5.56 Å². The summed E-state index contributed by atoms with van der Waals surface area (Å²) < 4.78 is 5.16. The summed E-state index contributed by atoms with van der Waals surface area (Å²) in [6.07, 6.45) is 2.13. The first-order valence-corrected chi connectivity index (χ1v) is 7.80. The minimum absolute atomic E-state index is 0.0673. The molecule has 0 aliphatic carbocycles. The molecular weight excluding hydrogens is 296 g/mol. The molecule has 3 rings (SSSR count). The average Bonchev–Trinajstić information content (AvgIpc) is 2.98. The molecule has 23 heavy (non-hydrogen) atoms. The van der Waals surface area contributed by atoms with Crippen LogP contribution in [0.2, 0.25) is 0 Å². The number of carboxylic acids is 1. The Morgan fingerprint density at radius 3 is 2.96 bits per heavy atom. The number of hydrogen-bond acceptors (Lipinski definition) is 3. The molecule has 2 N–H and O–H groups in total. The summed E-state index contributed by atoms with van der Waals surface area (Å²) in [4.78, 5) is 28.3. The number of carbonyl (C=O) groups is 2. The summed E-state index contributed by atoms with van der Waals surface area (Å²) in [6, 6.07) is 6.08. The maximum Gasteiger partial charge on any atom is 0.334 e. The van der Waals surface area contributed by atoms with Gasteiger partial charge in [0.1, 0.15) is 0 Å². The van der Waals surface area contributed by atoms with Crippen molar-refractivity contribution in [2.45, 2.75) is 25.9 Å². The number of aliphatic carboxylic acids is 1. The number of aromatic amines is 1. The summed E-state index contributed by atoms with van der Waals surface area (Å²) in [5, 5.41) is 10.1. The topological polar surface area (TPSA) is 82.6 Å². The fraction of sp³-hybridized carbons (Fsp3) is 0.412. The predicted molar refractivity (Wildman–Crippen MR) is 85.3 cm³/mol. The van der Waals surface area contributed by atoms with Crippen molar-refractivity contribution in [1.29, 1.82) is 0 Å². The number of fused-ring (bicyclic) bond motifs is 1. The zero-order valence-corrected chi connectivity index (χ0v) is 13.0. The Bertz CT molecular complexity index is 737. The van der Waals surface area contributed by atoms with Crippen LogP contribution in [0.5, 0.6) is 0 Å². The Morgan fingerprint density at radius 2 is 2.22 bits per heavy atom. The lowest BCUT2D eigenvalue weighted by Crippen LogP contribution is -2.49. The summed E-state index contributed by atoms with van der Waals surface area (Å²) >= 11 is 0. The van der Waals surface area contributed by atoms with Gasteiger partial charge in [0.15, 0.2) is 6.10 Å². The molecule has 2 heterocycles. The minimum atomic E-state index is -1.03. The van der Waals surface area contributed by atoms with Crippen LogP contribution in [0.3, 0.4) is 0 Å². The highest BCUT2D eigenvalue weighted by molar-refractivity contribution is 5.90. The fourth-order valence-electron chi connectivity index (χ4n) is 3.02. The van der Waals surface area contributed by atoms with Crippen molar-refractivity contribution >= 4 is 22.8 Å². The van der Waals surface area contributed by atoms with E-state index in [0.717, 1.165) is 22.9 Å². The molecule has 1 aliphatic rings. The molecule has 1 amide bonds. The smallest absolute Gasteiger partial charge is 0.334 e. The molecule has 0 spiro atoms. The number of H-pyrrole nitrogens is 1. The van der Waals surface area contributed by atoms with E-state index in [1.807, 2.05) is 18.3 Å². The molecule has 0 bridgehead atoms. The second-order valence-corrected chi connectivity index (χ2v) is 5.72. The molecule has 6 heteroatoms. The van der Waals surface area contributed by atoms with E-state index in [-0.39, 0.29) is 25.5 Å². The minimum Gasteiger partial charge on any atom is -0.479 e. The van der Waals surface area contributed by atoms with Crippen LogP contribution in [0.15, 0.2) is 24.4 Å². The Hall–Kier alpha value is -2.34. The third-order valence-corrected chi connectivity index (χ3v) is 4.30. The van der Waals surface area contributed by atoms with E-state index >= 15 is 0 Å². The fourth-order valence-corrected chi connectivity index (χ4v) is 3.02. The first kappa shape index (κ1) is 15.6. The molecule has 1 aromatic heterocycles. The number of carbonyl (C=O) groups excluding carboxylic acids is 1. The Labute approximate surface area is 134 Å². The molecule has 1 aliphatic heterocycles. The number of amides is 1. The molecule has 1 saturated heterocycles. The van der Waals surface area contributed by atoms with Crippen molar-refractivity contribution in [3.05, 3.63) is 35.5 Å². The van der Waals surface area contributed by atoms with Gasteiger partial charge < -0.3 is 19.7 Å². The number of benzene rings is 1. The molecule has 0 saturated carbocycles. The number of para-hydroxylation sites is 1. The number of aromatic nitrogens is 1. The molecule has 122 valence electrons. The number of rotatable bonds is 4. The van der Waals surface area contributed by atoms with Crippen molar-refractivity contribution in [2.75, 3.05) is 19.7 Å². The van der Waals surface area contributed by atoms with E-state index < -0.39 is 12.1 Å². The number of nitrogens with one attached hydrogen (secondary N) is 1. The Kier molecular flexibility index (Phi) is 4.34. The maximum absolute atomic E-state index is 12.5. The molecule has 0 unspecified atom stereocenters. The van der Waals surface area contributed by atoms with Crippen LogP contribution >= 0.6 is 0 Å². The zero-order chi connectivity index (χ0) is 16.4. The third kappa shape index (κ3) is 3.07. The van der Waals surface area contributed by atoms with Gasteiger partial charge in [0.2, 0.25) is 5.91 Å². The molecule has 0 radical (unpaired) electrons. The van der Waals surface area contributed by atoms with Gasteiger partial charge in [-0.05, 0) is 17.5 Å². The largest absolute Gasteiger partial charge is 0.479 e. The van der Waals surface area contributed by atoms with Crippen molar-refractivity contribution in [3.63, 3.8) is 0 Å². The van der Waals surface area contributed by atoms with Gasteiger partial charge in [-0.3, -0.25) is 4.79 Å². The number of aryl methyl sites for hydroxylation is 1. The van der Waals surface area contributed by atoms with Crippen LogP contribution in [0.1, 0.15) is 18.1 Å². The molecule has 6 nitrogen and oxygen atoms in total. The van der Waals surface area contributed by atoms with E-state index in [4.69, 9.17) is 9.84 Å². The van der Waals surface area contributed by atoms with Crippen LogP contribution in [0.25, 0.3) is 10.9 Å². The van der Waals surface area contributed by atoms with Crippen LogP contribution in [0.4, 0.5) is 0 Å². The van der Waals surface area contributed by atoms with Gasteiger partial charge in [-0.15, -0.1) is 0 Å². The van der Waals surface area contributed by atoms with Crippen LogP contribution in [-0.2, 0) is 27.2 Å². The third-order valence-electron chi connectivity index (χ3n) is 4.30. The van der Waals surface area contributed by atoms with Gasteiger partial charge in [-0.25, -0.2) is 4.79 Å². The molecule has 2 aromatic rings. The van der Waals surface area contributed by atoms with Crippen LogP contribution in [0, 0.1) is 0 Å². The molecule has 1 fully saturated rings. The second kappa shape index (κ2) is 6.42. The average molecular weight is 316 g/mol. The van der Waals surface area contributed by atoms with Gasteiger partial charge in [0.25, 0.3) is 0 Å². The Balaban J connectivity index is 1.77. The van der Waals surface area contributed by atoms with E-state index in [2.05, 4.69) is 18.0 Å². The van der Waals surface area contributed by atoms with Crippen molar-refractivity contribution in [3.8, 4) is 0 Å². The quantitative estimate of drug-likeness (QED) is 0.897. The summed E-state index contributed by atoms with van der Waals surface area (Å²) in [6.45, 7) is 2.90. The van der Waals surface area contributed by atoms with Gasteiger partial charge in [0.05, 0.1) is 19.6 Å². The lowest BCUT2D eigenvalue weighted by molar-refractivity contribution is -0.159. The predicted octanol–water partition coefficient (Wildman–Crippen LogP) is 1.58. The SMILES string of the molecule is CCc1cccc2c(CC(=O)N3CCO[C@@H](C(=O)O)C3)c[nH]c12. The normalized spacial score (nSPS) is 18.3. The van der Waals surface area contributed by atoms with E-state index in [0.29, 0.717) is 6.54 Å². The van der Waals surface area contributed by atoms with Gasteiger partial charge in [-0.1, -0.05) is 25.1 Å². The summed E-state index contributed by atoms with van der Waals surface area (Å²) in [5.74, 6) is -1.09. The number of nitrogens with zero attached hydrogens (tertiary/aromatic N) is 1. The van der Waals surface area contributed by atoms with Crippen molar-refractivity contribution in [1.82, 2.24) is 9.88 Å². The number of hydrogen-bond donors (Lipinski definition) is 2. The highest BCUT2D eigenvalue weighted by atomic mass is 16.5. The molecular formula is C17H20N2O4. The molecule has 1 atom stereocenters. The first-order chi connectivity index (χ1) is 11.1.